The number of nitrogens with zero attached hydrogens (tertiary/aromatic N) is 2. The molecular formula is C18H15Cl2N5O. The first kappa shape index (κ1) is 18.0. The zero-order chi connectivity index (χ0) is 18.5. The zero-order valence-corrected chi connectivity index (χ0v) is 15.3. The van der Waals surface area contributed by atoms with Crippen molar-refractivity contribution < 1.29 is 4.79 Å². The molecular weight excluding hydrogens is 373 g/mol. The number of hydrogen-bond acceptors (Lipinski definition) is 5. The number of anilines is 5. The molecule has 8 heteroatoms. The van der Waals surface area contributed by atoms with Gasteiger partial charge in [-0.05, 0) is 48.5 Å². The van der Waals surface area contributed by atoms with Gasteiger partial charge in [0.2, 0.25) is 11.9 Å². The topological polar surface area (TPSA) is 78.9 Å². The zero-order valence-electron chi connectivity index (χ0n) is 13.8. The van der Waals surface area contributed by atoms with Gasteiger partial charge in [0.15, 0.2) is 0 Å². The van der Waals surface area contributed by atoms with Crippen LogP contribution in [0.25, 0.3) is 0 Å². The monoisotopic (exact) mass is 387 g/mol. The highest BCUT2D eigenvalue weighted by molar-refractivity contribution is 6.36. The van der Waals surface area contributed by atoms with E-state index in [1.54, 1.807) is 42.6 Å². The van der Waals surface area contributed by atoms with Crippen LogP contribution in [0.5, 0.6) is 0 Å². The fraction of sp³-hybridized carbons (Fsp3) is 0.0556. The predicted molar refractivity (Wildman–Crippen MR) is 106 cm³/mol. The van der Waals surface area contributed by atoms with E-state index in [-0.39, 0.29) is 5.91 Å². The first-order valence-electron chi connectivity index (χ1n) is 7.69. The van der Waals surface area contributed by atoms with Crippen molar-refractivity contribution in [2.75, 3.05) is 16.0 Å². The standard InChI is InChI=1S/C18H15Cl2N5O/c1-11(26)22-13-3-5-14(6-4-13)23-18-21-9-8-17(25-18)24-16-7-2-12(19)10-15(16)20/h2-10H,1H3,(H,22,26)(H2,21,23,24,25). The van der Waals surface area contributed by atoms with Gasteiger partial charge in [-0.2, -0.15) is 4.98 Å². The van der Waals surface area contributed by atoms with Gasteiger partial charge in [0, 0.05) is 29.5 Å². The summed E-state index contributed by atoms with van der Waals surface area (Å²) in [5.74, 6) is 0.891. The molecule has 1 heterocycles. The number of carbonyl (C=O) groups is 1. The van der Waals surface area contributed by atoms with Crippen molar-refractivity contribution in [3.05, 3.63) is 64.8 Å². The molecule has 26 heavy (non-hydrogen) atoms. The maximum absolute atomic E-state index is 11.0. The summed E-state index contributed by atoms with van der Waals surface area (Å²) in [6.07, 6.45) is 1.63. The smallest absolute Gasteiger partial charge is 0.229 e. The summed E-state index contributed by atoms with van der Waals surface area (Å²) in [6.45, 7) is 1.46. The summed E-state index contributed by atoms with van der Waals surface area (Å²) in [5.41, 5.74) is 2.21. The number of benzene rings is 2. The number of nitrogens with one attached hydrogen (secondary N) is 3. The average Bonchev–Trinajstić information content (AvgIpc) is 2.59. The lowest BCUT2D eigenvalue weighted by molar-refractivity contribution is -0.114. The number of rotatable bonds is 5. The maximum Gasteiger partial charge on any atom is 0.229 e. The normalized spacial score (nSPS) is 10.3. The lowest BCUT2D eigenvalue weighted by Crippen LogP contribution is -2.05. The minimum Gasteiger partial charge on any atom is -0.339 e. The summed E-state index contributed by atoms with van der Waals surface area (Å²) in [6, 6.07) is 14.1. The van der Waals surface area contributed by atoms with E-state index in [4.69, 9.17) is 23.2 Å². The average molecular weight is 388 g/mol. The molecule has 6 nitrogen and oxygen atoms in total. The van der Waals surface area contributed by atoms with Crippen LogP contribution in [-0.4, -0.2) is 15.9 Å². The van der Waals surface area contributed by atoms with Gasteiger partial charge >= 0.3 is 0 Å². The van der Waals surface area contributed by atoms with Crippen LogP contribution in [0, 0.1) is 0 Å². The highest BCUT2D eigenvalue weighted by Crippen LogP contribution is 2.28. The lowest BCUT2D eigenvalue weighted by Gasteiger charge is -2.10. The Labute approximate surface area is 160 Å². The van der Waals surface area contributed by atoms with E-state index in [0.717, 1.165) is 11.4 Å². The summed E-state index contributed by atoms with van der Waals surface area (Å²) in [4.78, 5) is 19.6. The van der Waals surface area contributed by atoms with E-state index in [2.05, 4.69) is 25.9 Å². The molecule has 0 radical (unpaired) electrons. The second kappa shape index (κ2) is 8.03. The Balaban J connectivity index is 1.72. The molecule has 0 aliphatic heterocycles. The second-order valence-electron chi connectivity index (χ2n) is 5.40. The van der Waals surface area contributed by atoms with Gasteiger partial charge in [-0.25, -0.2) is 4.98 Å². The van der Waals surface area contributed by atoms with Crippen molar-refractivity contribution >= 4 is 57.9 Å². The molecule has 3 aromatic rings. The SMILES string of the molecule is CC(=O)Nc1ccc(Nc2nccc(Nc3ccc(Cl)cc3Cl)n2)cc1. The van der Waals surface area contributed by atoms with E-state index in [1.165, 1.54) is 6.92 Å². The predicted octanol–water partition coefficient (Wildman–Crippen LogP) is 5.23. The summed E-state index contributed by atoms with van der Waals surface area (Å²) >= 11 is 12.1. The first-order chi connectivity index (χ1) is 12.5. The maximum atomic E-state index is 11.0. The van der Waals surface area contributed by atoms with Crippen LogP contribution in [0.4, 0.5) is 28.8 Å². The third-order valence-corrected chi connectivity index (χ3v) is 3.86. The van der Waals surface area contributed by atoms with Crippen LogP contribution < -0.4 is 16.0 Å². The van der Waals surface area contributed by atoms with Crippen LogP contribution in [-0.2, 0) is 4.79 Å². The lowest BCUT2D eigenvalue weighted by atomic mass is 10.3. The molecule has 0 atom stereocenters. The molecule has 0 bridgehead atoms. The molecule has 3 rings (SSSR count). The highest BCUT2D eigenvalue weighted by atomic mass is 35.5. The minimum absolute atomic E-state index is 0.117. The van der Waals surface area contributed by atoms with Gasteiger partial charge in [-0.3, -0.25) is 4.79 Å². The minimum atomic E-state index is -0.117. The van der Waals surface area contributed by atoms with E-state index in [9.17, 15) is 4.79 Å². The van der Waals surface area contributed by atoms with Crippen molar-refractivity contribution in [2.45, 2.75) is 6.92 Å². The molecule has 0 fully saturated rings. The van der Waals surface area contributed by atoms with Crippen LogP contribution in [0.1, 0.15) is 6.92 Å². The largest absolute Gasteiger partial charge is 0.339 e. The Bertz CT molecular complexity index is 931. The fourth-order valence-corrected chi connectivity index (χ4v) is 2.64. The summed E-state index contributed by atoms with van der Waals surface area (Å²) in [5, 5.41) is 10.0. The van der Waals surface area contributed by atoms with Crippen molar-refractivity contribution in [1.82, 2.24) is 9.97 Å². The first-order valence-corrected chi connectivity index (χ1v) is 8.45. The Hall–Kier alpha value is -2.83. The molecule has 132 valence electrons. The number of halogens is 2. The van der Waals surface area contributed by atoms with Crippen LogP contribution in [0.3, 0.4) is 0 Å². The van der Waals surface area contributed by atoms with E-state index < -0.39 is 0 Å². The van der Waals surface area contributed by atoms with Gasteiger partial charge in [0.1, 0.15) is 5.82 Å². The Morgan fingerprint density at radius 3 is 2.38 bits per heavy atom. The molecule has 2 aromatic carbocycles. The van der Waals surface area contributed by atoms with Crippen molar-refractivity contribution in [3.63, 3.8) is 0 Å². The van der Waals surface area contributed by atoms with Gasteiger partial charge in [0.25, 0.3) is 0 Å². The third-order valence-electron chi connectivity index (χ3n) is 3.31. The van der Waals surface area contributed by atoms with Gasteiger partial charge in [0.05, 0.1) is 10.7 Å². The molecule has 0 aliphatic rings. The number of aromatic nitrogens is 2. The van der Waals surface area contributed by atoms with Gasteiger partial charge in [-0.1, -0.05) is 23.2 Å². The molecule has 1 aromatic heterocycles. The third kappa shape index (κ3) is 4.84. The van der Waals surface area contributed by atoms with Crippen LogP contribution in [0.2, 0.25) is 10.0 Å². The van der Waals surface area contributed by atoms with Crippen LogP contribution >= 0.6 is 23.2 Å². The van der Waals surface area contributed by atoms with Crippen molar-refractivity contribution in [3.8, 4) is 0 Å². The van der Waals surface area contributed by atoms with E-state index in [1.807, 2.05) is 12.1 Å². The molecule has 0 saturated heterocycles. The quantitative estimate of drug-likeness (QED) is 0.558. The van der Waals surface area contributed by atoms with Crippen LogP contribution in [0.15, 0.2) is 54.7 Å². The Morgan fingerprint density at radius 1 is 0.962 bits per heavy atom. The molecule has 3 N–H and O–H groups in total. The second-order valence-corrected chi connectivity index (χ2v) is 6.24. The number of carbonyl (C=O) groups excluding carboxylic acids is 1. The number of hydrogen-bond donors (Lipinski definition) is 3. The van der Waals surface area contributed by atoms with E-state index >= 15 is 0 Å². The van der Waals surface area contributed by atoms with Crippen molar-refractivity contribution in [1.29, 1.82) is 0 Å². The molecule has 0 saturated carbocycles. The molecule has 0 aliphatic carbocycles. The van der Waals surface area contributed by atoms with E-state index in [0.29, 0.717) is 27.5 Å². The molecule has 0 spiro atoms. The Kier molecular flexibility index (Phi) is 5.55. The van der Waals surface area contributed by atoms with Gasteiger partial charge < -0.3 is 16.0 Å². The fourth-order valence-electron chi connectivity index (χ4n) is 2.19. The number of amides is 1. The molecule has 1 amide bonds. The Morgan fingerprint density at radius 2 is 1.69 bits per heavy atom. The highest BCUT2D eigenvalue weighted by Gasteiger charge is 2.05. The summed E-state index contributed by atoms with van der Waals surface area (Å²) < 4.78 is 0. The molecule has 0 unspecified atom stereocenters. The van der Waals surface area contributed by atoms with Gasteiger partial charge in [-0.15, -0.1) is 0 Å². The van der Waals surface area contributed by atoms with Crippen molar-refractivity contribution in [2.24, 2.45) is 0 Å². The summed E-state index contributed by atoms with van der Waals surface area (Å²) in [7, 11) is 0.